The van der Waals surface area contributed by atoms with Crippen molar-refractivity contribution in [2.75, 3.05) is 23.3 Å². The molecule has 0 spiro atoms. The maximum absolute atomic E-state index is 13.0. The number of pyridine rings is 1. The lowest BCUT2D eigenvalue weighted by Crippen LogP contribution is -2.23. The van der Waals surface area contributed by atoms with E-state index < -0.39 is 0 Å². The molecule has 5 nitrogen and oxygen atoms in total. The fraction of sp³-hybridized carbons (Fsp3) is 0.217. The van der Waals surface area contributed by atoms with Crippen molar-refractivity contribution in [1.82, 2.24) is 10.3 Å². The summed E-state index contributed by atoms with van der Waals surface area (Å²) in [6.07, 6.45) is 4.11. The van der Waals surface area contributed by atoms with E-state index in [2.05, 4.69) is 32.7 Å². The number of anilines is 3. The summed E-state index contributed by atoms with van der Waals surface area (Å²) >= 11 is 0. The third-order valence-electron chi connectivity index (χ3n) is 4.99. The molecule has 4 rings (SSSR count). The van der Waals surface area contributed by atoms with Crippen LogP contribution in [0.25, 0.3) is 0 Å². The Hall–Kier alpha value is -3.41. The molecule has 2 heterocycles. The molecule has 2 N–H and O–H groups in total. The van der Waals surface area contributed by atoms with Gasteiger partial charge in [0.25, 0.3) is 5.91 Å². The molecule has 1 fully saturated rings. The average molecular weight is 390 g/mol. The van der Waals surface area contributed by atoms with E-state index >= 15 is 0 Å². The highest BCUT2D eigenvalue weighted by Crippen LogP contribution is 2.24. The Kier molecular flexibility index (Phi) is 5.70. The molecule has 0 radical (unpaired) electrons. The van der Waals surface area contributed by atoms with Gasteiger partial charge in [-0.1, -0.05) is 12.1 Å². The zero-order chi connectivity index (χ0) is 20.1. The molecule has 1 amide bonds. The van der Waals surface area contributed by atoms with Gasteiger partial charge in [-0.2, -0.15) is 0 Å². The van der Waals surface area contributed by atoms with Gasteiger partial charge in [0.15, 0.2) is 0 Å². The van der Waals surface area contributed by atoms with Crippen LogP contribution in [0.4, 0.5) is 21.5 Å². The van der Waals surface area contributed by atoms with Gasteiger partial charge in [-0.15, -0.1) is 0 Å². The number of hydrogen-bond donors (Lipinski definition) is 2. The number of halogens is 1. The zero-order valence-corrected chi connectivity index (χ0v) is 16.1. The number of benzene rings is 2. The summed E-state index contributed by atoms with van der Waals surface area (Å²) in [6, 6.07) is 17.9. The summed E-state index contributed by atoms with van der Waals surface area (Å²) in [5.74, 6) is -0.573. The molecule has 148 valence electrons. The first-order valence-corrected chi connectivity index (χ1v) is 9.78. The standard InChI is InChI=1S/C23H23FN4O/c24-18-5-3-17(4-6-18)16-26-23(29)22-15-20(11-12-25-22)27-19-7-9-21(10-8-19)28-13-1-2-14-28/h3-12,15H,1-2,13-14,16H2,(H,25,27)(H,26,29). The topological polar surface area (TPSA) is 57.3 Å². The van der Waals surface area contributed by atoms with Crippen LogP contribution in [-0.4, -0.2) is 24.0 Å². The molecule has 1 aliphatic heterocycles. The van der Waals surface area contributed by atoms with Crippen LogP contribution < -0.4 is 15.5 Å². The van der Waals surface area contributed by atoms with E-state index in [9.17, 15) is 9.18 Å². The molecule has 0 atom stereocenters. The molecule has 3 aromatic rings. The second-order valence-electron chi connectivity index (χ2n) is 7.10. The average Bonchev–Trinajstić information content (AvgIpc) is 3.29. The quantitative estimate of drug-likeness (QED) is 0.651. The highest BCUT2D eigenvalue weighted by Gasteiger charge is 2.12. The third kappa shape index (κ3) is 4.90. The van der Waals surface area contributed by atoms with Crippen LogP contribution in [0.1, 0.15) is 28.9 Å². The minimum Gasteiger partial charge on any atom is -0.372 e. The SMILES string of the molecule is O=C(NCc1ccc(F)cc1)c1cc(Nc2ccc(N3CCCC3)cc2)ccn1. The summed E-state index contributed by atoms with van der Waals surface area (Å²) < 4.78 is 13.0. The Bertz CT molecular complexity index is 967. The van der Waals surface area contributed by atoms with Gasteiger partial charge in [0.1, 0.15) is 11.5 Å². The highest BCUT2D eigenvalue weighted by molar-refractivity contribution is 5.93. The number of nitrogens with one attached hydrogen (secondary N) is 2. The molecule has 6 heteroatoms. The molecule has 1 saturated heterocycles. The van der Waals surface area contributed by atoms with Crippen molar-refractivity contribution >= 4 is 23.0 Å². The number of carbonyl (C=O) groups excluding carboxylic acids is 1. The normalized spacial score (nSPS) is 13.3. The maximum Gasteiger partial charge on any atom is 0.270 e. The monoisotopic (exact) mass is 390 g/mol. The Morgan fingerprint density at radius 2 is 1.69 bits per heavy atom. The van der Waals surface area contributed by atoms with E-state index in [1.54, 1.807) is 24.4 Å². The van der Waals surface area contributed by atoms with E-state index in [1.165, 1.54) is 30.7 Å². The van der Waals surface area contributed by atoms with Crippen molar-refractivity contribution < 1.29 is 9.18 Å². The molecular weight excluding hydrogens is 367 g/mol. The summed E-state index contributed by atoms with van der Waals surface area (Å²) in [5.41, 5.74) is 4.14. The lowest BCUT2D eigenvalue weighted by atomic mass is 10.2. The lowest BCUT2D eigenvalue weighted by Gasteiger charge is -2.18. The predicted molar refractivity (Wildman–Crippen MR) is 113 cm³/mol. The minimum atomic E-state index is -0.297. The predicted octanol–water partition coefficient (Wildman–Crippen LogP) is 4.49. The Morgan fingerprint density at radius 1 is 0.966 bits per heavy atom. The van der Waals surface area contributed by atoms with Crippen LogP contribution in [0.5, 0.6) is 0 Å². The van der Waals surface area contributed by atoms with E-state index in [0.717, 1.165) is 30.0 Å². The van der Waals surface area contributed by atoms with E-state index in [1.807, 2.05) is 18.2 Å². The number of amides is 1. The van der Waals surface area contributed by atoms with Gasteiger partial charge in [0.2, 0.25) is 0 Å². The van der Waals surface area contributed by atoms with E-state index in [-0.39, 0.29) is 11.7 Å². The van der Waals surface area contributed by atoms with Crippen molar-refractivity contribution in [3.63, 3.8) is 0 Å². The molecule has 0 bridgehead atoms. The molecule has 0 unspecified atom stereocenters. The first-order chi connectivity index (χ1) is 14.2. The van der Waals surface area contributed by atoms with Crippen LogP contribution in [0.3, 0.4) is 0 Å². The molecule has 0 saturated carbocycles. The van der Waals surface area contributed by atoms with Crippen molar-refractivity contribution in [2.45, 2.75) is 19.4 Å². The third-order valence-corrected chi connectivity index (χ3v) is 4.99. The minimum absolute atomic E-state index is 0.276. The highest BCUT2D eigenvalue weighted by atomic mass is 19.1. The van der Waals surface area contributed by atoms with Gasteiger partial charge in [0.05, 0.1) is 0 Å². The largest absolute Gasteiger partial charge is 0.372 e. The van der Waals surface area contributed by atoms with Crippen molar-refractivity contribution in [3.05, 3.63) is 83.9 Å². The Morgan fingerprint density at radius 3 is 2.41 bits per heavy atom. The first-order valence-electron chi connectivity index (χ1n) is 9.78. The van der Waals surface area contributed by atoms with E-state index in [0.29, 0.717) is 12.2 Å². The zero-order valence-electron chi connectivity index (χ0n) is 16.1. The fourth-order valence-electron chi connectivity index (χ4n) is 3.41. The van der Waals surface area contributed by atoms with Gasteiger partial charge < -0.3 is 15.5 Å². The van der Waals surface area contributed by atoms with Crippen molar-refractivity contribution in [1.29, 1.82) is 0 Å². The molecule has 1 aliphatic rings. The van der Waals surface area contributed by atoms with Crippen LogP contribution in [0, 0.1) is 5.82 Å². The first kappa shape index (κ1) is 18.9. The smallest absolute Gasteiger partial charge is 0.270 e. The maximum atomic E-state index is 13.0. The Balaban J connectivity index is 1.37. The van der Waals surface area contributed by atoms with Gasteiger partial charge in [0, 0.05) is 42.9 Å². The summed E-state index contributed by atoms with van der Waals surface area (Å²) in [5, 5.41) is 6.12. The number of hydrogen-bond acceptors (Lipinski definition) is 4. The summed E-state index contributed by atoms with van der Waals surface area (Å²) in [4.78, 5) is 18.9. The number of carbonyl (C=O) groups is 1. The fourth-order valence-corrected chi connectivity index (χ4v) is 3.41. The number of nitrogens with zero attached hydrogens (tertiary/aromatic N) is 2. The molecule has 0 aliphatic carbocycles. The summed E-state index contributed by atoms with van der Waals surface area (Å²) in [6.45, 7) is 2.55. The van der Waals surface area contributed by atoms with Gasteiger partial charge in [-0.3, -0.25) is 9.78 Å². The Labute approximate surface area is 169 Å². The molecule has 2 aromatic carbocycles. The van der Waals surface area contributed by atoms with Gasteiger partial charge >= 0.3 is 0 Å². The lowest BCUT2D eigenvalue weighted by molar-refractivity contribution is 0.0946. The van der Waals surface area contributed by atoms with Crippen LogP contribution >= 0.6 is 0 Å². The van der Waals surface area contributed by atoms with Crippen molar-refractivity contribution in [3.8, 4) is 0 Å². The van der Waals surface area contributed by atoms with Gasteiger partial charge in [-0.05, 0) is 66.9 Å². The van der Waals surface area contributed by atoms with Crippen molar-refractivity contribution in [2.24, 2.45) is 0 Å². The molecule has 1 aromatic heterocycles. The van der Waals surface area contributed by atoms with Crippen LogP contribution in [0.15, 0.2) is 66.9 Å². The van der Waals surface area contributed by atoms with Crippen LogP contribution in [-0.2, 0) is 6.54 Å². The molecule has 29 heavy (non-hydrogen) atoms. The second-order valence-corrected chi connectivity index (χ2v) is 7.10. The summed E-state index contributed by atoms with van der Waals surface area (Å²) in [7, 11) is 0. The number of aromatic nitrogens is 1. The van der Waals surface area contributed by atoms with Gasteiger partial charge in [-0.25, -0.2) is 4.39 Å². The second kappa shape index (κ2) is 8.73. The molecular formula is C23H23FN4O. The van der Waals surface area contributed by atoms with Crippen LogP contribution in [0.2, 0.25) is 0 Å². The van der Waals surface area contributed by atoms with E-state index in [4.69, 9.17) is 0 Å². The number of rotatable bonds is 6.